The van der Waals surface area contributed by atoms with Crippen LogP contribution in [-0.4, -0.2) is 46.5 Å². The van der Waals surface area contributed by atoms with Crippen molar-refractivity contribution in [2.24, 2.45) is 0 Å². The number of carbonyl (C=O) groups excluding carboxylic acids is 1. The van der Waals surface area contributed by atoms with Crippen LogP contribution in [0.3, 0.4) is 0 Å². The molecule has 0 unspecified atom stereocenters. The predicted octanol–water partition coefficient (Wildman–Crippen LogP) is 2.80. The zero-order valence-corrected chi connectivity index (χ0v) is 14.9. The fraction of sp³-hybridized carbons (Fsp3) is 0.263. The Morgan fingerprint density at radius 2 is 1.80 bits per heavy atom. The highest BCUT2D eigenvalue weighted by Gasteiger charge is 2.19. The van der Waals surface area contributed by atoms with E-state index in [-0.39, 0.29) is 18.3 Å². The van der Waals surface area contributed by atoms with Gasteiger partial charge in [-0.05, 0) is 37.3 Å². The van der Waals surface area contributed by atoms with Crippen LogP contribution < -0.4 is 5.32 Å². The number of benzene rings is 2. The van der Waals surface area contributed by atoms with E-state index in [4.69, 9.17) is 0 Å². The number of nitrogens with one attached hydrogen (secondary N) is 1. The van der Waals surface area contributed by atoms with Gasteiger partial charge in [-0.15, -0.1) is 12.4 Å². The van der Waals surface area contributed by atoms with E-state index in [0.29, 0.717) is 5.56 Å². The molecule has 1 saturated heterocycles. The van der Waals surface area contributed by atoms with Crippen molar-refractivity contribution in [2.45, 2.75) is 6.92 Å². The molecule has 0 spiro atoms. The summed E-state index contributed by atoms with van der Waals surface area (Å²) < 4.78 is 2.12. The number of aromatic nitrogens is 2. The summed E-state index contributed by atoms with van der Waals surface area (Å²) in [4.78, 5) is 19.2. The Labute approximate surface area is 153 Å². The monoisotopic (exact) mass is 356 g/mol. The van der Waals surface area contributed by atoms with Crippen molar-refractivity contribution in [2.75, 3.05) is 26.2 Å². The van der Waals surface area contributed by atoms with E-state index in [1.54, 1.807) is 0 Å². The largest absolute Gasteiger partial charge is 0.336 e. The molecule has 3 aromatic rings. The van der Waals surface area contributed by atoms with Crippen LogP contribution in [0.15, 0.2) is 48.5 Å². The van der Waals surface area contributed by atoms with E-state index < -0.39 is 0 Å². The molecule has 0 atom stereocenters. The maximum Gasteiger partial charge on any atom is 0.254 e. The normalized spacial score (nSPS) is 14.4. The van der Waals surface area contributed by atoms with Gasteiger partial charge in [0.05, 0.1) is 11.0 Å². The molecule has 1 aliphatic rings. The second kappa shape index (κ2) is 7.25. The molecule has 130 valence electrons. The molecule has 25 heavy (non-hydrogen) atoms. The molecule has 5 nitrogen and oxygen atoms in total. The minimum atomic E-state index is 0. The first-order chi connectivity index (χ1) is 11.7. The summed E-state index contributed by atoms with van der Waals surface area (Å²) in [7, 11) is 0. The number of halogens is 1. The molecule has 1 aromatic heterocycles. The third-order valence-electron chi connectivity index (χ3n) is 4.49. The van der Waals surface area contributed by atoms with Crippen molar-refractivity contribution in [1.29, 1.82) is 0 Å². The molecule has 1 fully saturated rings. The van der Waals surface area contributed by atoms with Gasteiger partial charge in [-0.1, -0.05) is 18.2 Å². The van der Waals surface area contributed by atoms with Crippen LogP contribution in [0.5, 0.6) is 0 Å². The molecule has 1 amide bonds. The van der Waals surface area contributed by atoms with Crippen molar-refractivity contribution < 1.29 is 4.79 Å². The highest BCUT2D eigenvalue weighted by atomic mass is 35.5. The maximum absolute atomic E-state index is 12.7. The van der Waals surface area contributed by atoms with Gasteiger partial charge in [0.2, 0.25) is 0 Å². The molecule has 0 radical (unpaired) electrons. The second-order valence-electron chi connectivity index (χ2n) is 6.08. The maximum atomic E-state index is 12.7. The van der Waals surface area contributed by atoms with E-state index >= 15 is 0 Å². The number of piperazine rings is 1. The predicted molar refractivity (Wildman–Crippen MR) is 102 cm³/mol. The van der Waals surface area contributed by atoms with Crippen molar-refractivity contribution in [3.63, 3.8) is 0 Å². The lowest BCUT2D eigenvalue weighted by Crippen LogP contribution is -2.46. The fourth-order valence-electron chi connectivity index (χ4n) is 3.29. The van der Waals surface area contributed by atoms with Crippen molar-refractivity contribution in [1.82, 2.24) is 19.8 Å². The van der Waals surface area contributed by atoms with Gasteiger partial charge in [-0.3, -0.25) is 9.36 Å². The van der Waals surface area contributed by atoms with Crippen LogP contribution in [0.4, 0.5) is 0 Å². The summed E-state index contributed by atoms with van der Waals surface area (Å²) in [6.45, 7) is 5.22. The zero-order valence-electron chi connectivity index (χ0n) is 14.1. The molecule has 1 N–H and O–H groups in total. The van der Waals surface area contributed by atoms with Gasteiger partial charge < -0.3 is 10.2 Å². The zero-order chi connectivity index (χ0) is 16.5. The molecular weight excluding hydrogens is 336 g/mol. The second-order valence-corrected chi connectivity index (χ2v) is 6.08. The van der Waals surface area contributed by atoms with Gasteiger partial charge in [0, 0.05) is 37.4 Å². The SMILES string of the molecule is Cc1nc2cc(C(=O)N3CCNCC3)ccc2n1-c1ccccc1.Cl. The number of fused-ring (bicyclic) bond motifs is 1. The van der Waals surface area contributed by atoms with Gasteiger partial charge in [0.15, 0.2) is 0 Å². The molecular formula is C19H21ClN4O. The van der Waals surface area contributed by atoms with Gasteiger partial charge >= 0.3 is 0 Å². The van der Waals surface area contributed by atoms with E-state index in [2.05, 4.69) is 27.0 Å². The van der Waals surface area contributed by atoms with E-state index in [0.717, 1.165) is 48.7 Å². The Morgan fingerprint density at radius 1 is 1.08 bits per heavy atom. The molecule has 0 saturated carbocycles. The highest BCUT2D eigenvalue weighted by molar-refractivity contribution is 5.97. The van der Waals surface area contributed by atoms with Crippen LogP contribution in [0.2, 0.25) is 0 Å². The molecule has 2 aromatic carbocycles. The van der Waals surface area contributed by atoms with Crippen LogP contribution in [0.25, 0.3) is 16.7 Å². The summed E-state index contributed by atoms with van der Waals surface area (Å²) in [5.74, 6) is 1.01. The van der Waals surface area contributed by atoms with Crippen molar-refractivity contribution in [3.05, 3.63) is 59.9 Å². The molecule has 0 aliphatic carbocycles. The lowest BCUT2D eigenvalue weighted by Gasteiger charge is -2.27. The molecule has 6 heteroatoms. The van der Waals surface area contributed by atoms with Crippen LogP contribution in [-0.2, 0) is 0 Å². The Hall–Kier alpha value is -2.37. The summed E-state index contributed by atoms with van der Waals surface area (Å²) in [6, 6.07) is 16.0. The molecule has 2 heterocycles. The van der Waals surface area contributed by atoms with Gasteiger partial charge in [0.1, 0.15) is 5.82 Å². The van der Waals surface area contributed by atoms with Gasteiger partial charge in [-0.25, -0.2) is 4.98 Å². The number of imidazole rings is 1. The number of amides is 1. The Kier molecular flexibility index (Phi) is 5.06. The first-order valence-electron chi connectivity index (χ1n) is 8.28. The fourth-order valence-corrected chi connectivity index (χ4v) is 3.29. The summed E-state index contributed by atoms with van der Waals surface area (Å²) in [5.41, 5.74) is 3.67. The topological polar surface area (TPSA) is 50.2 Å². The Bertz CT molecular complexity index is 885. The number of para-hydroxylation sites is 1. The quantitative estimate of drug-likeness (QED) is 0.768. The average molecular weight is 357 g/mol. The van der Waals surface area contributed by atoms with Gasteiger partial charge in [0.25, 0.3) is 5.91 Å². The Balaban J connectivity index is 0.00000182. The summed E-state index contributed by atoms with van der Waals surface area (Å²) in [6.07, 6.45) is 0. The standard InChI is InChI=1S/C19H20N4O.ClH/c1-14-21-17-13-15(19(24)22-11-9-20-10-12-22)7-8-18(17)23(14)16-5-3-2-4-6-16;/h2-8,13,20H,9-12H2,1H3;1H. The third kappa shape index (κ3) is 3.25. The lowest BCUT2D eigenvalue weighted by molar-refractivity contribution is 0.0736. The number of hydrogen-bond donors (Lipinski definition) is 1. The summed E-state index contributed by atoms with van der Waals surface area (Å²) in [5, 5.41) is 3.27. The van der Waals surface area contributed by atoms with Gasteiger partial charge in [-0.2, -0.15) is 0 Å². The first-order valence-corrected chi connectivity index (χ1v) is 8.28. The minimum Gasteiger partial charge on any atom is -0.336 e. The lowest BCUT2D eigenvalue weighted by atomic mass is 10.1. The molecule has 4 rings (SSSR count). The molecule has 0 bridgehead atoms. The minimum absolute atomic E-state index is 0. The number of carbonyl (C=O) groups is 1. The Morgan fingerprint density at radius 3 is 2.52 bits per heavy atom. The van der Waals surface area contributed by atoms with Crippen LogP contribution in [0.1, 0.15) is 16.2 Å². The van der Waals surface area contributed by atoms with Crippen LogP contribution >= 0.6 is 12.4 Å². The average Bonchev–Trinajstić information content (AvgIpc) is 2.97. The third-order valence-corrected chi connectivity index (χ3v) is 4.49. The smallest absolute Gasteiger partial charge is 0.254 e. The number of aryl methyl sites for hydroxylation is 1. The van der Waals surface area contributed by atoms with Crippen LogP contribution in [0, 0.1) is 6.92 Å². The number of hydrogen-bond acceptors (Lipinski definition) is 3. The number of rotatable bonds is 2. The first kappa shape index (κ1) is 17.5. The molecule has 1 aliphatic heterocycles. The highest BCUT2D eigenvalue weighted by Crippen LogP contribution is 2.22. The van der Waals surface area contributed by atoms with E-state index in [1.165, 1.54) is 0 Å². The van der Waals surface area contributed by atoms with E-state index in [1.807, 2.05) is 48.2 Å². The summed E-state index contributed by atoms with van der Waals surface area (Å²) >= 11 is 0. The van der Waals surface area contributed by atoms with Crippen molar-refractivity contribution in [3.8, 4) is 5.69 Å². The van der Waals surface area contributed by atoms with Crippen molar-refractivity contribution >= 4 is 29.3 Å². The van der Waals surface area contributed by atoms with E-state index in [9.17, 15) is 4.79 Å². The number of nitrogens with zero attached hydrogens (tertiary/aromatic N) is 3.